The zero-order valence-electron chi connectivity index (χ0n) is 11.1. The number of carbonyl (C=O) groups excluding carboxylic acids is 1. The highest BCUT2D eigenvalue weighted by molar-refractivity contribution is 5.83. The van der Waals surface area contributed by atoms with Gasteiger partial charge in [-0.15, -0.1) is 6.42 Å². The molecule has 5 nitrogen and oxygen atoms in total. The molecule has 0 bridgehead atoms. The van der Waals surface area contributed by atoms with Gasteiger partial charge in [0.15, 0.2) is 0 Å². The lowest BCUT2D eigenvalue weighted by Crippen LogP contribution is -2.56. The molecule has 0 spiro atoms. The second-order valence-corrected chi connectivity index (χ2v) is 5.38. The molecule has 18 heavy (non-hydrogen) atoms. The van der Waals surface area contributed by atoms with E-state index in [0.717, 1.165) is 6.42 Å². The number of rotatable bonds is 2. The van der Waals surface area contributed by atoms with Crippen molar-refractivity contribution in [1.29, 1.82) is 0 Å². The Kier molecular flexibility index (Phi) is 4.23. The molecule has 0 aromatic rings. The Balaban J connectivity index is 2.77. The van der Waals surface area contributed by atoms with Gasteiger partial charge < -0.3 is 15.3 Å². The summed E-state index contributed by atoms with van der Waals surface area (Å²) >= 11 is 0. The maximum atomic E-state index is 12.1. The molecule has 1 rings (SSSR count). The standard InChI is InChI=1S/C13H20N2O3/c1-5-13(3,4)14-12(18)15-7-6-9(2)8-10(15)11(16)17/h1,9-10H,6-8H2,2-4H3,(H,14,18)(H,16,17). The molecule has 0 aromatic heterocycles. The number of nitrogens with one attached hydrogen (secondary N) is 1. The molecular weight excluding hydrogens is 232 g/mol. The Hall–Kier alpha value is -1.70. The fourth-order valence-corrected chi connectivity index (χ4v) is 1.99. The lowest BCUT2D eigenvalue weighted by Gasteiger charge is -2.37. The highest BCUT2D eigenvalue weighted by Crippen LogP contribution is 2.23. The van der Waals surface area contributed by atoms with Crippen LogP contribution in [0.2, 0.25) is 0 Å². The molecule has 2 amide bonds. The third-order valence-corrected chi connectivity index (χ3v) is 3.19. The predicted molar refractivity (Wildman–Crippen MR) is 68.0 cm³/mol. The number of likely N-dealkylation sites (tertiary alicyclic amines) is 1. The molecule has 1 aliphatic heterocycles. The summed E-state index contributed by atoms with van der Waals surface area (Å²) in [6.45, 7) is 5.85. The van der Waals surface area contributed by atoms with Gasteiger partial charge in [-0.3, -0.25) is 0 Å². The molecule has 1 fully saturated rings. The van der Waals surface area contributed by atoms with Crippen LogP contribution in [-0.2, 0) is 4.79 Å². The lowest BCUT2D eigenvalue weighted by molar-refractivity contribution is -0.143. The zero-order chi connectivity index (χ0) is 13.9. The number of hydrogen-bond donors (Lipinski definition) is 2. The van der Waals surface area contributed by atoms with E-state index in [1.807, 2.05) is 6.92 Å². The molecule has 1 saturated heterocycles. The van der Waals surface area contributed by atoms with Gasteiger partial charge in [0, 0.05) is 6.54 Å². The van der Waals surface area contributed by atoms with Crippen molar-refractivity contribution >= 4 is 12.0 Å². The number of aliphatic carboxylic acids is 1. The van der Waals surface area contributed by atoms with Crippen molar-refractivity contribution < 1.29 is 14.7 Å². The summed E-state index contributed by atoms with van der Waals surface area (Å²) < 4.78 is 0. The van der Waals surface area contributed by atoms with Crippen LogP contribution >= 0.6 is 0 Å². The molecule has 1 heterocycles. The van der Waals surface area contributed by atoms with E-state index < -0.39 is 23.6 Å². The molecule has 1 aliphatic rings. The Morgan fingerprint density at radius 1 is 1.50 bits per heavy atom. The Bertz CT molecular complexity index is 384. The van der Waals surface area contributed by atoms with Gasteiger partial charge in [-0.1, -0.05) is 12.8 Å². The first kappa shape index (κ1) is 14.4. The Morgan fingerprint density at radius 3 is 2.61 bits per heavy atom. The van der Waals surface area contributed by atoms with E-state index in [1.54, 1.807) is 13.8 Å². The Morgan fingerprint density at radius 2 is 2.11 bits per heavy atom. The molecular formula is C13H20N2O3. The van der Waals surface area contributed by atoms with Crippen LogP contribution < -0.4 is 5.32 Å². The first-order valence-electron chi connectivity index (χ1n) is 6.06. The second kappa shape index (κ2) is 5.30. The maximum absolute atomic E-state index is 12.1. The predicted octanol–water partition coefficient (Wildman–Crippen LogP) is 1.29. The van der Waals surface area contributed by atoms with E-state index in [0.29, 0.717) is 18.9 Å². The Labute approximate surface area is 108 Å². The molecule has 0 saturated carbocycles. The van der Waals surface area contributed by atoms with Gasteiger partial charge in [-0.25, -0.2) is 9.59 Å². The van der Waals surface area contributed by atoms with E-state index in [4.69, 9.17) is 11.5 Å². The number of carbonyl (C=O) groups is 2. The van der Waals surface area contributed by atoms with Gasteiger partial charge in [-0.2, -0.15) is 0 Å². The first-order chi connectivity index (χ1) is 8.26. The second-order valence-electron chi connectivity index (χ2n) is 5.38. The number of nitrogens with zero attached hydrogens (tertiary/aromatic N) is 1. The smallest absolute Gasteiger partial charge is 0.326 e. The van der Waals surface area contributed by atoms with Gasteiger partial charge in [0.05, 0.1) is 5.54 Å². The lowest BCUT2D eigenvalue weighted by atomic mass is 9.92. The van der Waals surface area contributed by atoms with Crippen LogP contribution in [0.3, 0.4) is 0 Å². The summed E-state index contributed by atoms with van der Waals surface area (Å²) in [5.74, 6) is 1.81. The van der Waals surface area contributed by atoms with Gasteiger partial charge in [-0.05, 0) is 32.6 Å². The molecule has 100 valence electrons. The van der Waals surface area contributed by atoms with Crippen LogP contribution in [-0.4, -0.2) is 40.1 Å². The topological polar surface area (TPSA) is 69.6 Å². The molecule has 2 atom stereocenters. The minimum atomic E-state index is -0.963. The van der Waals surface area contributed by atoms with E-state index in [2.05, 4.69) is 11.2 Å². The van der Waals surface area contributed by atoms with Crippen molar-refractivity contribution in [3.05, 3.63) is 0 Å². The summed E-state index contributed by atoms with van der Waals surface area (Å²) in [6, 6.07) is -1.17. The third-order valence-electron chi connectivity index (χ3n) is 3.19. The molecule has 2 unspecified atom stereocenters. The summed E-state index contributed by atoms with van der Waals surface area (Å²) in [5, 5.41) is 11.8. The van der Waals surface area contributed by atoms with Crippen molar-refractivity contribution in [3.8, 4) is 12.3 Å². The fourth-order valence-electron chi connectivity index (χ4n) is 1.99. The minimum absolute atomic E-state index is 0.316. The van der Waals surface area contributed by atoms with Crippen LogP contribution in [0, 0.1) is 18.3 Å². The van der Waals surface area contributed by atoms with Crippen LogP contribution in [0.25, 0.3) is 0 Å². The van der Waals surface area contributed by atoms with Crippen molar-refractivity contribution in [2.45, 2.75) is 45.2 Å². The van der Waals surface area contributed by atoms with E-state index in [1.165, 1.54) is 4.90 Å². The van der Waals surface area contributed by atoms with Crippen LogP contribution in [0.4, 0.5) is 4.79 Å². The number of carboxylic acids is 1. The molecule has 0 aliphatic carbocycles. The monoisotopic (exact) mass is 252 g/mol. The molecule has 0 aromatic carbocycles. The minimum Gasteiger partial charge on any atom is -0.480 e. The van der Waals surface area contributed by atoms with Crippen molar-refractivity contribution in [1.82, 2.24) is 10.2 Å². The van der Waals surface area contributed by atoms with E-state index in [-0.39, 0.29) is 0 Å². The number of hydrogen-bond acceptors (Lipinski definition) is 2. The van der Waals surface area contributed by atoms with Crippen LogP contribution in [0.1, 0.15) is 33.6 Å². The highest BCUT2D eigenvalue weighted by Gasteiger charge is 2.36. The summed E-state index contributed by atoms with van der Waals surface area (Å²) in [4.78, 5) is 24.6. The van der Waals surface area contributed by atoms with Gasteiger partial charge in [0.2, 0.25) is 0 Å². The quantitative estimate of drug-likeness (QED) is 0.728. The number of terminal acetylenes is 1. The van der Waals surface area contributed by atoms with Crippen LogP contribution in [0.15, 0.2) is 0 Å². The van der Waals surface area contributed by atoms with Crippen LogP contribution in [0.5, 0.6) is 0 Å². The molecule has 0 radical (unpaired) electrons. The summed E-state index contributed by atoms with van der Waals surface area (Å²) in [5.41, 5.74) is -0.775. The van der Waals surface area contributed by atoms with Gasteiger partial charge >= 0.3 is 12.0 Å². The summed E-state index contributed by atoms with van der Waals surface area (Å²) in [7, 11) is 0. The van der Waals surface area contributed by atoms with Gasteiger partial charge in [0.25, 0.3) is 0 Å². The first-order valence-corrected chi connectivity index (χ1v) is 6.06. The average Bonchev–Trinajstić information content (AvgIpc) is 2.28. The highest BCUT2D eigenvalue weighted by atomic mass is 16.4. The SMILES string of the molecule is C#CC(C)(C)NC(=O)N1CCC(C)CC1C(=O)O. The largest absolute Gasteiger partial charge is 0.480 e. The van der Waals surface area contributed by atoms with Crippen molar-refractivity contribution in [2.75, 3.05) is 6.54 Å². The number of urea groups is 1. The van der Waals surface area contributed by atoms with E-state index >= 15 is 0 Å². The van der Waals surface area contributed by atoms with Gasteiger partial charge in [0.1, 0.15) is 6.04 Å². The summed E-state index contributed by atoms with van der Waals surface area (Å²) in [6.07, 6.45) is 6.60. The number of amides is 2. The van der Waals surface area contributed by atoms with E-state index in [9.17, 15) is 9.59 Å². The molecule has 2 N–H and O–H groups in total. The molecule has 5 heteroatoms. The average molecular weight is 252 g/mol. The maximum Gasteiger partial charge on any atom is 0.326 e. The van der Waals surface area contributed by atoms with Crippen molar-refractivity contribution in [3.63, 3.8) is 0 Å². The number of carboxylic acid groups (broad SMARTS) is 1. The normalized spacial score (nSPS) is 24.2. The fraction of sp³-hybridized carbons (Fsp3) is 0.692. The number of piperidine rings is 1. The third kappa shape index (κ3) is 3.39. The van der Waals surface area contributed by atoms with Crippen molar-refractivity contribution in [2.24, 2.45) is 5.92 Å². The zero-order valence-corrected chi connectivity index (χ0v) is 11.1.